The quantitative estimate of drug-likeness (QED) is 0.734. The number of nitrogens with zero attached hydrogens (tertiary/aromatic N) is 2. The van der Waals surface area contributed by atoms with Gasteiger partial charge in [0.05, 0.1) is 11.9 Å². The van der Waals surface area contributed by atoms with E-state index in [9.17, 15) is 4.79 Å². The van der Waals surface area contributed by atoms with Crippen LogP contribution in [0.25, 0.3) is 0 Å². The van der Waals surface area contributed by atoms with Gasteiger partial charge in [0.25, 0.3) is 5.91 Å². The maximum atomic E-state index is 11.4. The van der Waals surface area contributed by atoms with Crippen molar-refractivity contribution in [2.75, 3.05) is 10.6 Å². The molecule has 4 N–H and O–H groups in total. The number of carbonyl (C=O) groups excluding carboxylic acids is 1. The summed E-state index contributed by atoms with van der Waals surface area (Å²) in [6, 6.07) is 8.12. The average Bonchev–Trinajstić information content (AvgIpc) is 2.87. The number of nitrogens with one attached hydrogen (secondary N) is 2. The van der Waals surface area contributed by atoms with Gasteiger partial charge in [0.1, 0.15) is 5.69 Å². The summed E-state index contributed by atoms with van der Waals surface area (Å²) in [5, 5.41) is 10.4. The van der Waals surface area contributed by atoms with E-state index in [2.05, 4.69) is 41.7 Å². The molecule has 23 heavy (non-hydrogen) atoms. The van der Waals surface area contributed by atoms with Crippen LogP contribution in [0.5, 0.6) is 0 Å². The first-order chi connectivity index (χ1) is 10.9. The molecule has 122 valence electrons. The van der Waals surface area contributed by atoms with Crippen LogP contribution in [0.1, 0.15) is 42.2 Å². The highest BCUT2D eigenvalue weighted by atomic mass is 32.1. The van der Waals surface area contributed by atoms with Gasteiger partial charge in [-0.15, -0.1) is 0 Å². The number of primary amides is 1. The van der Waals surface area contributed by atoms with E-state index in [1.54, 1.807) is 7.05 Å². The lowest BCUT2D eigenvalue weighted by Gasteiger charge is -2.12. The molecule has 1 aromatic heterocycles. The molecule has 0 aliphatic heterocycles. The van der Waals surface area contributed by atoms with Gasteiger partial charge in [0.15, 0.2) is 5.11 Å². The second-order valence-electron chi connectivity index (χ2n) is 5.41. The van der Waals surface area contributed by atoms with E-state index < -0.39 is 5.91 Å². The molecule has 6 nitrogen and oxygen atoms in total. The van der Waals surface area contributed by atoms with Crippen molar-refractivity contribution in [1.82, 2.24) is 9.78 Å². The van der Waals surface area contributed by atoms with E-state index >= 15 is 0 Å². The lowest BCUT2D eigenvalue weighted by molar-refractivity contribution is 0.0992. The topological polar surface area (TPSA) is 85.0 Å². The number of thiocarbonyl (C=S) groups is 1. The highest BCUT2D eigenvalue weighted by Gasteiger charge is 2.14. The van der Waals surface area contributed by atoms with Crippen LogP contribution in [0.3, 0.4) is 0 Å². The Kier molecular flexibility index (Phi) is 5.33. The van der Waals surface area contributed by atoms with Crippen LogP contribution in [0.15, 0.2) is 30.5 Å². The van der Waals surface area contributed by atoms with Crippen LogP contribution in [0.2, 0.25) is 0 Å². The fraction of sp³-hybridized carbons (Fsp3) is 0.312. The lowest BCUT2D eigenvalue weighted by atomic mass is 9.99. The zero-order chi connectivity index (χ0) is 17.0. The minimum atomic E-state index is -0.562. The Labute approximate surface area is 141 Å². The lowest BCUT2D eigenvalue weighted by Crippen LogP contribution is -2.23. The molecular formula is C16H21N5OS. The second kappa shape index (κ2) is 7.23. The zero-order valence-electron chi connectivity index (χ0n) is 13.5. The summed E-state index contributed by atoms with van der Waals surface area (Å²) < 4.78 is 1.41. The summed E-state index contributed by atoms with van der Waals surface area (Å²) in [5.41, 5.74) is 8.27. The average molecular weight is 331 g/mol. The Balaban J connectivity index is 2.04. The van der Waals surface area contributed by atoms with Crippen molar-refractivity contribution in [3.05, 3.63) is 41.7 Å². The van der Waals surface area contributed by atoms with Crippen molar-refractivity contribution >= 4 is 34.6 Å². The molecule has 2 rings (SSSR count). The van der Waals surface area contributed by atoms with Crippen molar-refractivity contribution < 1.29 is 4.79 Å². The second-order valence-corrected chi connectivity index (χ2v) is 5.81. The van der Waals surface area contributed by atoms with Gasteiger partial charge < -0.3 is 16.4 Å². The maximum absolute atomic E-state index is 11.4. The van der Waals surface area contributed by atoms with Crippen LogP contribution in [0, 0.1) is 0 Å². The molecular weight excluding hydrogens is 310 g/mol. The van der Waals surface area contributed by atoms with Gasteiger partial charge in [-0.3, -0.25) is 9.48 Å². The van der Waals surface area contributed by atoms with Crippen LogP contribution < -0.4 is 16.4 Å². The highest BCUT2D eigenvalue weighted by molar-refractivity contribution is 7.80. The first-order valence-corrected chi connectivity index (χ1v) is 7.83. The molecule has 0 fully saturated rings. The Morgan fingerprint density at radius 2 is 2.00 bits per heavy atom. The third-order valence-electron chi connectivity index (χ3n) is 3.77. The molecule has 1 amide bonds. The van der Waals surface area contributed by atoms with E-state index in [1.165, 1.54) is 16.4 Å². The van der Waals surface area contributed by atoms with E-state index in [0.29, 0.717) is 16.7 Å². The minimum absolute atomic E-state index is 0.279. The number of benzene rings is 1. The molecule has 7 heteroatoms. The predicted molar refractivity (Wildman–Crippen MR) is 96.7 cm³/mol. The Morgan fingerprint density at radius 1 is 1.35 bits per heavy atom. The molecule has 1 heterocycles. The minimum Gasteiger partial charge on any atom is -0.364 e. The molecule has 1 aromatic carbocycles. The first-order valence-electron chi connectivity index (χ1n) is 7.42. The van der Waals surface area contributed by atoms with Crippen molar-refractivity contribution in [1.29, 1.82) is 0 Å². The summed E-state index contributed by atoms with van der Waals surface area (Å²) in [7, 11) is 1.65. The standard InChI is InChI=1S/C16H21N5OS/c1-4-10(2)11-5-7-12(8-6-11)19-16(23)20-13-9-18-21(3)14(13)15(17)22/h5-10H,4H2,1-3H3,(H2,17,22)(H2,19,20,23). The van der Waals surface area contributed by atoms with Crippen molar-refractivity contribution in [3.8, 4) is 0 Å². The Bertz CT molecular complexity index is 708. The van der Waals surface area contributed by atoms with Gasteiger partial charge in [-0.2, -0.15) is 5.10 Å². The molecule has 0 aliphatic carbocycles. The van der Waals surface area contributed by atoms with Crippen LogP contribution in [-0.2, 0) is 7.05 Å². The molecule has 0 saturated heterocycles. The predicted octanol–water partition coefficient (Wildman–Crippen LogP) is 2.84. The highest BCUT2D eigenvalue weighted by Crippen LogP contribution is 2.21. The molecule has 2 aromatic rings. The molecule has 0 spiro atoms. The van der Waals surface area contributed by atoms with Crippen molar-refractivity contribution in [3.63, 3.8) is 0 Å². The van der Waals surface area contributed by atoms with Gasteiger partial charge in [-0.05, 0) is 42.3 Å². The van der Waals surface area contributed by atoms with Gasteiger partial charge >= 0.3 is 0 Å². The molecule has 0 radical (unpaired) electrons. The maximum Gasteiger partial charge on any atom is 0.269 e. The molecule has 1 unspecified atom stereocenters. The van der Waals surface area contributed by atoms with Crippen molar-refractivity contribution in [2.24, 2.45) is 12.8 Å². The van der Waals surface area contributed by atoms with E-state index in [-0.39, 0.29) is 5.69 Å². The Hall–Kier alpha value is -2.41. The number of hydrogen-bond donors (Lipinski definition) is 3. The van der Waals surface area contributed by atoms with E-state index in [1.807, 2.05) is 12.1 Å². The third-order valence-corrected chi connectivity index (χ3v) is 3.97. The number of carbonyl (C=O) groups is 1. The monoisotopic (exact) mass is 331 g/mol. The summed E-state index contributed by atoms with van der Waals surface area (Å²) >= 11 is 5.27. The molecule has 0 aliphatic rings. The smallest absolute Gasteiger partial charge is 0.269 e. The van der Waals surface area contributed by atoms with Crippen LogP contribution >= 0.6 is 12.2 Å². The summed E-state index contributed by atoms with van der Waals surface area (Å²) in [4.78, 5) is 11.4. The van der Waals surface area contributed by atoms with Gasteiger partial charge in [-0.25, -0.2) is 0 Å². The molecule has 0 bridgehead atoms. The molecule has 1 atom stereocenters. The fourth-order valence-electron chi connectivity index (χ4n) is 2.24. The SMILES string of the molecule is CCC(C)c1ccc(NC(=S)Nc2cnn(C)c2C(N)=O)cc1. The zero-order valence-corrected chi connectivity index (χ0v) is 14.3. The Morgan fingerprint density at radius 3 is 2.57 bits per heavy atom. The number of aromatic nitrogens is 2. The number of hydrogen-bond acceptors (Lipinski definition) is 3. The van der Waals surface area contributed by atoms with Crippen LogP contribution in [0.4, 0.5) is 11.4 Å². The number of nitrogens with two attached hydrogens (primary N) is 1. The number of rotatable bonds is 5. The number of anilines is 2. The van der Waals surface area contributed by atoms with Gasteiger partial charge in [0, 0.05) is 12.7 Å². The van der Waals surface area contributed by atoms with E-state index in [4.69, 9.17) is 18.0 Å². The number of aryl methyl sites for hydroxylation is 1. The van der Waals surface area contributed by atoms with Gasteiger partial charge in [-0.1, -0.05) is 26.0 Å². The summed E-state index contributed by atoms with van der Waals surface area (Å²) in [6.45, 7) is 4.36. The van der Waals surface area contributed by atoms with Crippen LogP contribution in [-0.4, -0.2) is 20.8 Å². The van der Waals surface area contributed by atoms with Gasteiger partial charge in [0.2, 0.25) is 0 Å². The largest absolute Gasteiger partial charge is 0.364 e. The summed E-state index contributed by atoms with van der Waals surface area (Å²) in [6.07, 6.45) is 2.61. The van der Waals surface area contributed by atoms with E-state index in [0.717, 1.165) is 12.1 Å². The van der Waals surface area contributed by atoms with Crippen molar-refractivity contribution in [2.45, 2.75) is 26.2 Å². The normalized spacial score (nSPS) is 11.8. The third kappa shape index (κ3) is 4.07. The molecule has 0 saturated carbocycles. The fourth-order valence-corrected chi connectivity index (χ4v) is 2.46. The number of amides is 1. The first kappa shape index (κ1) is 17.0. The summed E-state index contributed by atoms with van der Waals surface area (Å²) in [5.74, 6) is -0.0316.